The van der Waals surface area contributed by atoms with E-state index in [0.29, 0.717) is 5.78 Å². The van der Waals surface area contributed by atoms with E-state index in [4.69, 9.17) is 0 Å². The fourth-order valence-electron chi connectivity index (χ4n) is 3.34. The van der Waals surface area contributed by atoms with Gasteiger partial charge in [0.15, 0.2) is 5.78 Å². The fourth-order valence-corrected chi connectivity index (χ4v) is 3.34. The number of hydrogen-bond acceptors (Lipinski definition) is 1. The molecule has 2 rings (SSSR count). The van der Waals surface area contributed by atoms with E-state index in [0.717, 1.165) is 25.7 Å². The van der Waals surface area contributed by atoms with Crippen molar-refractivity contribution >= 4 is 11.4 Å². The molecule has 0 fully saturated rings. The van der Waals surface area contributed by atoms with Gasteiger partial charge in [0, 0.05) is 5.92 Å². The van der Waals surface area contributed by atoms with Gasteiger partial charge in [0.25, 0.3) is 0 Å². The number of rotatable bonds is 8. The van der Waals surface area contributed by atoms with E-state index in [9.17, 15) is 4.79 Å². The highest BCUT2D eigenvalue weighted by atomic mass is 16.1. The first-order valence-corrected chi connectivity index (χ1v) is 9.08. The highest BCUT2D eigenvalue weighted by Gasteiger charge is 2.21. The molecule has 0 radical (unpaired) electrons. The quantitative estimate of drug-likeness (QED) is 0.540. The van der Waals surface area contributed by atoms with Crippen molar-refractivity contribution in [1.82, 2.24) is 0 Å². The summed E-state index contributed by atoms with van der Waals surface area (Å²) >= 11 is 0. The lowest BCUT2D eigenvalue weighted by Crippen LogP contribution is -2.16. The van der Waals surface area contributed by atoms with Crippen LogP contribution in [0.4, 0.5) is 0 Å². The average Bonchev–Trinajstić information content (AvgIpc) is 2.54. The van der Waals surface area contributed by atoms with Crippen LogP contribution in [-0.2, 0) is 11.2 Å². The third kappa shape index (κ3) is 4.83. The van der Waals surface area contributed by atoms with E-state index in [1.165, 1.54) is 48.8 Å². The summed E-state index contributed by atoms with van der Waals surface area (Å²) in [5.41, 5.74) is 3.89. The van der Waals surface area contributed by atoms with E-state index >= 15 is 0 Å². The lowest BCUT2D eigenvalue weighted by atomic mass is 9.83. The zero-order valence-corrected chi connectivity index (χ0v) is 14.2. The number of hydrogen-bond donors (Lipinski definition) is 0. The molecule has 0 aliphatic heterocycles. The van der Waals surface area contributed by atoms with Crippen LogP contribution in [0.25, 0.3) is 5.57 Å². The minimum Gasteiger partial charge on any atom is -0.295 e. The monoisotopic (exact) mass is 298 g/mol. The van der Waals surface area contributed by atoms with Gasteiger partial charge in [0.05, 0.1) is 0 Å². The van der Waals surface area contributed by atoms with Crippen LogP contribution in [-0.4, -0.2) is 5.78 Å². The molecule has 120 valence electrons. The van der Waals surface area contributed by atoms with Crippen molar-refractivity contribution in [1.29, 1.82) is 0 Å². The van der Waals surface area contributed by atoms with E-state index in [1.54, 1.807) is 0 Å². The van der Waals surface area contributed by atoms with Crippen molar-refractivity contribution in [3.8, 4) is 0 Å². The van der Waals surface area contributed by atoms with Crippen LogP contribution < -0.4 is 0 Å². The molecular weight excluding hydrogens is 268 g/mol. The Morgan fingerprint density at radius 1 is 1.00 bits per heavy atom. The first kappa shape index (κ1) is 17.0. The first-order valence-electron chi connectivity index (χ1n) is 9.08. The summed E-state index contributed by atoms with van der Waals surface area (Å²) in [7, 11) is 0. The molecule has 1 aromatic carbocycles. The average molecular weight is 298 g/mol. The van der Waals surface area contributed by atoms with Crippen LogP contribution >= 0.6 is 0 Å². The SMILES string of the molecule is CCCCCCc1ccc(C2=CC(=O)C(CCC)CC2)cc1. The first-order chi connectivity index (χ1) is 10.7. The zero-order chi connectivity index (χ0) is 15.8. The molecule has 0 amide bonds. The van der Waals surface area contributed by atoms with Gasteiger partial charge in [-0.3, -0.25) is 4.79 Å². The van der Waals surface area contributed by atoms with Gasteiger partial charge < -0.3 is 0 Å². The summed E-state index contributed by atoms with van der Waals surface area (Å²) in [6, 6.07) is 8.89. The molecule has 0 heterocycles. The predicted molar refractivity (Wildman–Crippen MR) is 94.9 cm³/mol. The van der Waals surface area contributed by atoms with Gasteiger partial charge in [-0.2, -0.15) is 0 Å². The molecule has 0 spiro atoms. The van der Waals surface area contributed by atoms with Gasteiger partial charge in [-0.15, -0.1) is 0 Å². The lowest BCUT2D eigenvalue weighted by molar-refractivity contribution is -0.118. The normalized spacial score (nSPS) is 18.4. The second kappa shape index (κ2) is 8.92. The lowest BCUT2D eigenvalue weighted by Gasteiger charge is -2.20. The van der Waals surface area contributed by atoms with Gasteiger partial charge in [0.2, 0.25) is 0 Å². The van der Waals surface area contributed by atoms with Crippen molar-refractivity contribution in [3.63, 3.8) is 0 Å². The molecule has 0 saturated carbocycles. The second-order valence-electron chi connectivity index (χ2n) is 6.60. The number of carbonyl (C=O) groups excluding carboxylic acids is 1. The largest absolute Gasteiger partial charge is 0.295 e. The smallest absolute Gasteiger partial charge is 0.159 e. The third-order valence-corrected chi connectivity index (χ3v) is 4.76. The fraction of sp³-hybridized carbons (Fsp3) is 0.571. The Morgan fingerprint density at radius 3 is 2.41 bits per heavy atom. The molecule has 1 aromatic rings. The van der Waals surface area contributed by atoms with Crippen LogP contribution in [0.2, 0.25) is 0 Å². The van der Waals surface area contributed by atoms with Crippen molar-refractivity contribution in [2.75, 3.05) is 0 Å². The standard InChI is InChI=1S/C21H30O/c1-3-5-6-7-9-17-10-12-18(13-11-17)20-15-14-19(8-4-2)21(22)16-20/h10-13,16,19H,3-9,14-15H2,1-2H3. The van der Waals surface area contributed by atoms with Crippen LogP contribution in [0.1, 0.15) is 76.3 Å². The molecule has 1 heteroatoms. The topological polar surface area (TPSA) is 17.1 Å². The molecule has 0 aromatic heterocycles. The van der Waals surface area contributed by atoms with E-state index in [2.05, 4.69) is 38.1 Å². The molecule has 0 bridgehead atoms. The Hall–Kier alpha value is -1.37. The maximum Gasteiger partial charge on any atom is 0.159 e. The van der Waals surface area contributed by atoms with Gasteiger partial charge >= 0.3 is 0 Å². The molecular formula is C21H30O. The van der Waals surface area contributed by atoms with Crippen LogP contribution in [0.5, 0.6) is 0 Å². The second-order valence-corrected chi connectivity index (χ2v) is 6.60. The third-order valence-electron chi connectivity index (χ3n) is 4.76. The summed E-state index contributed by atoms with van der Waals surface area (Å²) in [5, 5.41) is 0. The molecule has 0 saturated heterocycles. The van der Waals surface area contributed by atoms with E-state index in [-0.39, 0.29) is 5.92 Å². The van der Waals surface area contributed by atoms with Gasteiger partial charge in [0.1, 0.15) is 0 Å². The Bertz CT molecular complexity index is 495. The Balaban J connectivity index is 1.93. The minimum absolute atomic E-state index is 0.270. The number of benzene rings is 1. The number of unbranched alkanes of at least 4 members (excludes halogenated alkanes) is 3. The zero-order valence-electron chi connectivity index (χ0n) is 14.2. The van der Waals surface area contributed by atoms with Crippen LogP contribution in [0.3, 0.4) is 0 Å². The highest BCUT2D eigenvalue weighted by molar-refractivity contribution is 5.99. The van der Waals surface area contributed by atoms with E-state index in [1.807, 2.05) is 6.08 Å². The van der Waals surface area contributed by atoms with Gasteiger partial charge in [-0.05, 0) is 54.9 Å². The predicted octanol–water partition coefficient (Wildman–Crippen LogP) is 5.97. The molecule has 1 aliphatic carbocycles. The highest BCUT2D eigenvalue weighted by Crippen LogP contribution is 2.30. The minimum atomic E-state index is 0.270. The van der Waals surface area contributed by atoms with Gasteiger partial charge in [-0.1, -0.05) is 63.8 Å². The van der Waals surface area contributed by atoms with Crippen molar-refractivity contribution in [2.24, 2.45) is 5.92 Å². The maximum absolute atomic E-state index is 12.2. The van der Waals surface area contributed by atoms with Crippen molar-refractivity contribution in [2.45, 2.75) is 71.6 Å². The van der Waals surface area contributed by atoms with Crippen molar-refractivity contribution in [3.05, 3.63) is 41.5 Å². The molecule has 22 heavy (non-hydrogen) atoms. The summed E-state index contributed by atoms with van der Waals surface area (Å²) in [5.74, 6) is 0.610. The number of carbonyl (C=O) groups is 1. The summed E-state index contributed by atoms with van der Waals surface area (Å²) in [6.07, 6.45) is 12.5. The molecule has 1 atom stereocenters. The number of allylic oxidation sites excluding steroid dienone is 2. The molecule has 0 N–H and O–H groups in total. The Kier molecular flexibility index (Phi) is 6.89. The number of ketones is 1. The van der Waals surface area contributed by atoms with E-state index < -0.39 is 0 Å². The molecule has 1 aliphatic rings. The maximum atomic E-state index is 12.2. The van der Waals surface area contributed by atoms with Gasteiger partial charge in [-0.25, -0.2) is 0 Å². The van der Waals surface area contributed by atoms with Crippen molar-refractivity contribution < 1.29 is 4.79 Å². The molecule has 1 unspecified atom stereocenters. The summed E-state index contributed by atoms with van der Waals surface area (Å²) in [6.45, 7) is 4.41. The van der Waals surface area contributed by atoms with Crippen LogP contribution in [0, 0.1) is 5.92 Å². The Labute approximate surface area is 135 Å². The summed E-state index contributed by atoms with van der Waals surface area (Å²) in [4.78, 5) is 12.2. The summed E-state index contributed by atoms with van der Waals surface area (Å²) < 4.78 is 0. The van der Waals surface area contributed by atoms with Crippen LogP contribution in [0.15, 0.2) is 30.3 Å². The molecule has 1 nitrogen and oxygen atoms in total. The Morgan fingerprint density at radius 2 is 1.77 bits per heavy atom. The number of aryl methyl sites for hydroxylation is 1.